The molecule has 0 saturated carbocycles. The monoisotopic (exact) mass is 227 g/mol. The van der Waals surface area contributed by atoms with Gasteiger partial charge in [0.15, 0.2) is 0 Å². The lowest BCUT2D eigenvalue weighted by molar-refractivity contribution is 1.13. The molecule has 17 heavy (non-hydrogen) atoms. The second-order valence-corrected chi connectivity index (χ2v) is 4.29. The molecule has 3 nitrogen and oxygen atoms in total. The first-order chi connectivity index (χ1) is 8.08. The summed E-state index contributed by atoms with van der Waals surface area (Å²) in [6, 6.07) is 13.9. The standard InChI is InChI=1S/C14H17N3/c1-17(2)14-8-5-11(9-13(14)16)10-3-6-12(15)7-4-10/h3-9H,15-16H2,1-2H3. The van der Waals surface area contributed by atoms with Gasteiger partial charge in [-0.3, -0.25) is 0 Å². The van der Waals surface area contributed by atoms with Gasteiger partial charge in [0.25, 0.3) is 0 Å². The molecule has 0 aliphatic carbocycles. The number of rotatable bonds is 2. The van der Waals surface area contributed by atoms with Gasteiger partial charge in [0.2, 0.25) is 0 Å². The molecule has 2 aromatic carbocycles. The van der Waals surface area contributed by atoms with Crippen molar-refractivity contribution in [2.24, 2.45) is 0 Å². The molecule has 0 heterocycles. The molecule has 88 valence electrons. The average Bonchev–Trinajstić information content (AvgIpc) is 2.29. The lowest BCUT2D eigenvalue weighted by atomic mass is 10.0. The van der Waals surface area contributed by atoms with E-state index in [1.807, 2.05) is 55.4 Å². The van der Waals surface area contributed by atoms with E-state index in [0.29, 0.717) is 0 Å². The molecule has 3 heteroatoms. The fourth-order valence-electron chi connectivity index (χ4n) is 1.82. The van der Waals surface area contributed by atoms with Crippen LogP contribution >= 0.6 is 0 Å². The van der Waals surface area contributed by atoms with Crippen LogP contribution in [0.3, 0.4) is 0 Å². The summed E-state index contributed by atoms with van der Waals surface area (Å²) in [5, 5.41) is 0. The van der Waals surface area contributed by atoms with E-state index in [1.165, 1.54) is 0 Å². The van der Waals surface area contributed by atoms with Crippen molar-refractivity contribution >= 4 is 17.1 Å². The fourth-order valence-corrected chi connectivity index (χ4v) is 1.82. The molecule has 0 bridgehead atoms. The predicted octanol–water partition coefficient (Wildman–Crippen LogP) is 2.58. The minimum Gasteiger partial charge on any atom is -0.399 e. The summed E-state index contributed by atoms with van der Waals surface area (Å²) in [6.45, 7) is 0. The van der Waals surface area contributed by atoms with E-state index in [-0.39, 0.29) is 0 Å². The number of anilines is 3. The van der Waals surface area contributed by atoms with Crippen molar-refractivity contribution in [1.82, 2.24) is 0 Å². The maximum Gasteiger partial charge on any atom is 0.0595 e. The average molecular weight is 227 g/mol. The SMILES string of the molecule is CN(C)c1ccc(-c2ccc(N)cc2)cc1N. The molecule has 2 rings (SSSR count). The Labute approximate surface area is 102 Å². The largest absolute Gasteiger partial charge is 0.399 e. The Morgan fingerprint density at radius 3 is 1.94 bits per heavy atom. The molecule has 2 aromatic rings. The maximum absolute atomic E-state index is 6.02. The van der Waals surface area contributed by atoms with Gasteiger partial charge in [-0.25, -0.2) is 0 Å². The van der Waals surface area contributed by atoms with Gasteiger partial charge in [0.05, 0.1) is 11.4 Å². The summed E-state index contributed by atoms with van der Waals surface area (Å²) in [7, 11) is 3.96. The lowest BCUT2D eigenvalue weighted by Crippen LogP contribution is -2.10. The number of hydrogen-bond donors (Lipinski definition) is 2. The van der Waals surface area contributed by atoms with E-state index in [9.17, 15) is 0 Å². The first kappa shape index (κ1) is 11.3. The smallest absolute Gasteiger partial charge is 0.0595 e. The van der Waals surface area contributed by atoms with Crippen molar-refractivity contribution < 1.29 is 0 Å². The fraction of sp³-hybridized carbons (Fsp3) is 0.143. The molecule has 0 atom stereocenters. The van der Waals surface area contributed by atoms with Crippen LogP contribution in [-0.4, -0.2) is 14.1 Å². The molecule has 0 aliphatic rings. The van der Waals surface area contributed by atoms with Crippen LogP contribution in [0.1, 0.15) is 0 Å². The Kier molecular flexibility index (Phi) is 2.91. The van der Waals surface area contributed by atoms with E-state index < -0.39 is 0 Å². The van der Waals surface area contributed by atoms with Crippen LogP contribution < -0.4 is 16.4 Å². The van der Waals surface area contributed by atoms with Gasteiger partial charge in [0, 0.05) is 19.8 Å². The zero-order chi connectivity index (χ0) is 12.4. The van der Waals surface area contributed by atoms with Gasteiger partial charge in [-0.15, -0.1) is 0 Å². The molecule has 4 N–H and O–H groups in total. The Hall–Kier alpha value is -2.16. The summed E-state index contributed by atoms with van der Waals surface area (Å²) in [5.74, 6) is 0. The molecule has 0 unspecified atom stereocenters. The van der Waals surface area contributed by atoms with Crippen LogP contribution in [0, 0.1) is 0 Å². The molecule has 0 radical (unpaired) electrons. The maximum atomic E-state index is 6.02. The van der Waals surface area contributed by atoms with Crippen LogP contribution in [0.15, 0.2) is 42.5 Å². The zero-order valence-electron chi connectivity index (χ0n) is 10.1. The van der Waals surface area contributed by atoms with Crippen molar-refractivity contribution in [3.63, 3.8) is 0 Å². The summed E-state index contributed by atoms with van der Waals surface area (Å²) in [4.78, 5) is 2.00. The first-order valence-electron chi connectivity index (χ1n) is 5.50. The van der Waals surface area contributed by atoms with Gasteiger partial charge >= 0.3 is 0 Å². The van der Waals surface area contributed by atoms with Crippen LogP contribution in [0.5, 0.6) is 0 Å². The van der Waals surface area contributed by atoms with Crippen molar-refractivity contribution in [3.05, 3.63) is 42.5 Å². The first-order valence-corrected chi connectivity index (χ1v) is 5.50. The molecular weight excluding hydrogens is 210 g/mol. The zero-order valence-corrected chi connectivity index (χ0v) is 10.1. The predicted molar refractivity (Wildman–Crippen MR) is 75.0 cm³/mol. The second kappa shape index (κ2) is 4.37. The lowest BCUT2D eigenvalue weighted by Gasteiger charge is -2.16. The minimum absolute atomic E-state index is 0.770. The highest BCUT2D eigenvalue weighted by molar-refractivity contribution is 5.76. The van der Waals surface area contributed by atoms with Crippen LogP contribution in [0.4, 0.5) is 17.1 Å². The van der Waals surface area contributed by atoms with E-state index in [1.54, 1.807) is 0 Å². The quantitative estimate of drug-likeness (QED) is 0.775. The molecule has 0 saturated heterocycles. The number of hydrogen-bond acceptors (Lipinski definition) is 3. The Balaban J connectivity index is 2.41. The van der Waals surface area contributed by atoms with Crippen LogP contribution in [-0.2, 0) is 0 Å². The normalized spacial score (nSPS) is 10.2. The van der Waals surface area contributed by atoms with E-state index >= 15 is 0 Å². The summed E-state index contributed by atoms with van der Waals surface area (Å²) < 4.78 is 0. The minimum atomic E-state index is 0.770. The third-order valence-electron chi connectivity index (χ3n) is 2.75. The highest BCUT2D eigenvalue weighted by Crippen LogP contribution is 2.28. The third-order valence-corrected chi connectivity index (χ3v) is 2.75. The van der Waals surface area contributed by atoms with Crippen LogP contribution in [0.2, 0.25) is 0 Å². The van der Waals surface area contributed by atoms with Gasteiger partial charge < -0.3 is 16.4 Å². The van der Waals surface area contributed by atoms with Gasteiger partial charge in [-0.2, -0.15) is 0 Å². The highest BCUT2D eigenvalue weighted by atomic mass is 15.1. The van der Waals surface area contributed by atoms with Crippen LogP contribution in [0.25, 0.3) is 11.1 Å². The molecule has 0 aliphatic heterocycles. The molecule has 0 spiro atoms. The molecule has 0 amide bonds. The van der Waals surface area contributed by atoms with Gasteiger partial charge in [-0.1, -0.05) is 18.2 Å². The second-order valence-electron chi connectivity index (χ2n) is 4.29. The van der Waals surface area contributed by atoms with Crippen molar-refractivity contribution in [2.45, 2.75) is 0 Å². The summed E-state index contributed by atoms with van der Waals surface area (Å²) in [5.41, 5.74) is 16.5. The number of benzene rings is 2. The van der Waals surface area contributed by atoms with Crippen molar-refractivity contribution in [2.75, 3.05) is 30.5 Å². The van der Waals surface area contributed by atoms with Crippen molar-refractivity contribution in [1.29, 1.82) is 0 Å². The number of nitrogens with zero attached hydrogens (tertiary/aromatic N) is 1. The van der Waals surface area contributed by atoms with Crippen molar-refractivity contribution in [3.8, 4) is 11.1 Å². The highest BCUT2D eigenvalue weighted by Gasteiger charge is 2.04. The van der Waals surface area contributed by atoms with E-state index in [0.717, 1.165) is 28.2 Å². The Morgan fingerprint density at radius 1 is 0.824 bits per heavy atom. The third kappa shape index (κ3) is 2.33. The molecule has 0 fully saturated rings. The molecule has 0 aromatic heterocycles. The summed E-state index contributed by atoms with van der Waals surface area (Å²) >= 11 is 0. The summed E-state index contributed by atoms with van der Waals surface area (Å²) in [6.07, 6.45) is 0. The number of nitrogens with two attached hydrogens (primary N) is 2. The van der Waals surface area contributed by atoms with Gasteiger partial charge in [0.1, 0.15) is 0 Å². The molecular formula is C14H17N3. The Morgan fingerprint density at radius 2 is 1.41 bits per heavy atom. The number of nitrogen functional groups attached to an aromatic ring is 2. The topological polar surface area (TPSA) is 55.3 Å². The van der Waals surface area contributed by atoms with Gasteiger partial charge in [-0.05, 0) is 35.4 Å². The Bertz CT molecular complexity index is 515. The van der Waals surface area contributed by atoms with E-state index in [2.05, 4.69) is 6.07 Å². The van der Waals surface area contributed by atoms with E-state index in [4.69, 9.17) is 11.5 Å².